The van der Waals surface area contributed by atoms with Crippen molar-refractivity contribution in [3.63, 3.8) is 0 Å². The first-order valence-corrected chi connectivity index (χ1v) is 19.9. The van der Waals surface area contributed by atoms with E-state index in [1.165, 1.54) is 73.1 Å². The lowest BCUT2D eigenvalue weighted by molar-refractivity contribution is -0.138. The van der Waals surface area contributed by atoms with Crippen LogP contribution in [0.1, 0.15) is 59.1 Å². The number of benzene rings is 4. The molecule has 4 heterocycles. The average Bonchev–Trinajstić information content (AvgIpc) is 3.90. The summed E-state index contributed by atoms with van der Waals surface area (Å²) in [5, 5.41) is 0. The Hall–Kier alpha value is -7.69. The minimum absolute atomic E-state index is 0.0307. The molecule has 324 valence electrons. The van der Waals surface area contributed by atoms with Crippen LogP contribution in [0, 0.1) is 0 Å². The van der Waals surface area contributed by atoms with E-state index < -0.39 is 41.1 Å². The van der Waals surface area contributed by atoms with E-state index in [1.807, 2.05) is 23.0 Å². The number of hydrogen-bond acceptors (Lipinski definition) is 9. The summed E-state index contributed by atoms with van der Waals surface area (Å²) >= 11 is 0. The number of nitrogens with zero attached hydrogens (tertiary/aromatic N) is 8. The summed E-state index contributed by atoms with van der Waals surface area (Å²) in [4.78, 5) is 41.0. The molecule has 2 unspecified atom stereocenters. The smallest absolute Gasteiger partial charge is 0.416 e. The number of Topliss-reactive ketones (excluding diaryl/α,β-unsaturated/α-hetero) is 1. The number of hydrogen-bond donors (Lipinski definition) is 0. The second-order valence-electron chi connectivity index (χ2n) is 14.4. The van der Waals surface area contributed by atoms with Crippen molar-refractivity contribution in [2.45, 2.75) is 51.1 Å². The number of alkyl halides is 6. The Labute approximate surface area is 361 Å². The summed E-state index contributed by atoms with van der Waals surface area (Å²) in [6.07, 6.45) is 2.04. The molecule has 4 aromatic carbocycles. The van der Waals surface area contributed by atoms with E-state index in [4.69, 9.17) is 9.47 Å². The molecule has 0 saturated carbocycles. The number of carbonyl (C=O) groups is 1. The van der Waals surface area contributed by atoms with Gasteiger partial charge in [-0.05, 0) is 72.5 Å². The van der Waals surface area contributed by atoms with Crippen molar-refractivity contribution in [1.29, 1.82) is 0 Å². The summed E-state index contributed by atoms with van der Waals surface area (Å²) in [5.41, 5.74) is 0.757. The highest BCUT2D eigenvalue weighted by atomic mass is 19.4. The highest BCUT2D eigenvalue weighted by molar-refractivity contribution is 5.96. The van der Waals surface area contributed by atoms with Crippen LogP contribution in [0.3, 0.4) is 0 Å². The van der Waals surface area contributed by atoms with Crippen LogP contribution in [0.25, 0.3) is 34.5 Å². The Morgan fingerprint density at radius 1 is 0.578 bits per heavy atom. The van der Waals surface area contributed by atoms with Gasteiger partial charge in [-0.25, -0.2) is 19.9 Å². The third-order valence-electron chi connectivity index (χ3n) is 10.3. The second kappa shape index (κ2) is 18.0. The van der Waals surface area contributed by atoms with Crippen molar-refractivity contribution in [3.8, 4) is 23.5 Å². The average molecular weight is 875 g/mol. The zero-order valence-electron chi connectivity index (χ0n) is 34.0. The first-order chi connectivity index (χ1) is 30.8. The summed E-state index contributed by atoms with van der Waals surface area (Å²) in [6.45, 7) is 5.09. The van der Waals surface area contributed by atoms with Crippen molar-refractivity contribution in [1.82, 2.24) is 39.0 Å². The van der Waals surface area contributed by atoms with E-state index in [1.54, 1.807) is 61.2 Å². The molecule has 8 aromatic rings. The van der Waals surface area contributed by atoms with E-state index in [9.17, 15) is 26.3 Å². The number of fused-ring (bicyclic) bond motifs is 2. The number of ketones is 1. The number of rotatable bonds is 14. The number of aromatic nitrogens is 8. The fourth-order valence-corrected chi connectivity index (χ4v) is 7.07. The Balaban J connectivity index is 1.17. The first kappa shape index (κ1) is 43.0. The monoisotopic (exact) mass is 874 g/mol. The number of imidazole rings is 2. The molecular formula is C47H36F6N8O3. The van der Waals surface area contributed by atoms with Crippen molar-refractivity contribution in [3.05, 3.63) is 168 Å². The number of halogens is 6. The summed E-state index contributed by atoms with van der Waals surface area (Å²) in [7, 11) is 0. The summed E-state index contributed by atoms with van der Waals surface area (Å²) < 4.78 is 100. The van der Waals surface area contributed by atoms with Crippen molar-refractivity contribution in [2.75, 3.05) is 0 Å². The van der Waals surface area contributed by atoms with Crippen LogP contribution in [-0.2, 0) is 30.2 Å². The SMILES string of the molecule is CCn1cnc2cnc(Oc3ccc(C(/C=C/c4ccccc4C(F)(F)F)C(=O)C(/C=C/c4ccccc4C(F)(F)F)c4ccc(Oc5ncc6ncn(CC)c6n5)cc4)cc3)nc21. The van der Waals surface area contributed by atoms with Gasteiger partial charge in [0, 0.05) is 13.1 Å². The van der Waals surface area contributed by atoms with Crippen LogP contribution in [0.4, 0.5) is 26.3 Å². The predicted octanol–water partition coefficient (Wildman–Crippen LogP) is 11.5. The molecule has 0 aliphatic rings. The van der Waals surface area contributed by atoms with Crippen LogP contribution >= 0.6 is 0 Å². The largest absolute Gasteiger partial charge is 0.424 e. The maximum Gasteiger partial charge on any atom is 0.416 e. The van der Waals surface area contributed by atoms with Crippen molar-refractivity contribution < 1.29 is 40.6 Å². The Morgan fingerprint density at radius 2 is 0.969 bits per heavy atom. The number of allylic oxidation sites excluding steroid dienone is 2. The van der Waals surface area contributed by atoms with Gasteiger partial charge in [-0.2, -0.15) is 36.3 Å². The van der Waals surface area contributed by atoms with E-state index in [0.29, 0.717) is 58.0 Å². The topological polar surface area (TPSA) is 123 Å². The highest BCUT2D eigenvalue weighted by Crippen LogP contribution is 2.37. The summed E-state index contributed by atoms with van der Waals surface area (Å²) in [5.74, 6) is -2.43. The van der Waals surface area contributed by atoms with E-state index >= 15 is 4.79 Å². The maximum atomic E-state index is 15.1. The molecule has 0 fully saturated rings. The van der Waals surface area contributed by atoms with Gasteiger partial charge in [0.25, 0.3) is 0 Å². The molecule has 8 rings (SSSR count). The zero-order valence-corrected chi connectivity index (χ0v) is 34.0. The van der Waals surface area contributed by atoms with Crippen LogP contribution in [-0.4, -0.2) is 44.8 Å². The fraction of sp³-hybridized carbons (Fsp3) is 0.170. The maximum absolute atomic E-state index is 15.1. The van der Waals surface area contributed by atoms with Gasteiger partial charge in [-0.1, -0.05) is 85.0 Å². The molecule has 0 aliphatic carbocycles. The van der Waals surface area contributed by atoms with Crippen molar-refractivity contribution >= 4 is 40.3 Å². The molecule has 0 saturated heterocycles. The van der Waals surface area contributed by atoms with Gasteiger partial charge in [-0.3, -0.25) is 4.79 Å². The van der Waals surface area contributed by atoms with Crippen LogP contribution in [0.2, 0.25) is 0 Å². The molecule has 0 aliphatic heterocycles. The van der Waals surface area contributed by atoms with Gasteiger partial charge >= 0.3 is 24.4 Å². The minimum Gasteiger partial charge on any atom is -0.424 e. The lowest BCUT2D eigenvalue weighted by atomic mass is 9.82. The van der Waals surface area contributed by atoms with Crippen LogP contribution in [0.5, 0.6) is 23.5 Å². The Bertz CT molecular complexity index is 2790. The second-order valence-corrected chi connectivity index (χ2v) is 14.4. The van der Waals surface area contributed by atoms with E-state index in [-0.39, 0.29) is 23.1 Å². The molecule has 2 atom stereocenters. The van der Waals surface area contributed by atoms with Gasteiger partial charge in [0.15, 0.2) is 17.1 Å². The van der Waals surface area contributed by atoms with Crippen LogP contribution < -0.4 is 9.47 Å². The molecule has 11 nitrogen and oxygen atoms in total. The number of ether oxygens (including phenoxy) is 2. The highest BCUT2D eigenvalue weighted by Gasteiger charge is 2.34. The van der Waals surface area contributed by atoms with Gasteiger partial charge in [0.2, 0.25) is 0 Å². The molecule has 4 aromatic heterocycles. The molecule has 64 heavy (non-hydrogen) atoms. The Morgan fingerprint density at radius 3 is 1.34 bits per heavy atom. The van der Waals surface area contributed by atoms with Crippen molar-refractivity contribution in [2.24, 2.45) is 0 Å². The van der Waals surface area contributed by atoms with Gasteiger partial charge in [0.1, 0.15) is 22.5 Å². The number of aryl methyl sites for hydroxylation is 2. The quantitative estimate of drug-likeness (QED) is 0.0982. The standard InChI is InChI=1S/C47H36F6N8O3/c1-3-60-27-56-39-25-54-44(58-42(39)60)63-33-19-13-29(14-20-33)35(23-17-31-9-5-7-11-37(31)46(48,49)50)41(62)36(24-18-32-10-6-8-12-38(32)47(51,52)53)30-15-21-34(22-16-30)64-45-55-26-40-43(59-45)61(4-2)28-57-40/h5-28,35-36H,3-4H2,1-2H3/b23-17+,24-18+. The predicted molar refractivity (Wildman–Crippen MR) is 226 cm³/mol. The number of carbonyl (C=O) groups excluding carboxylic acids is 1. The lowest BCUT2D eigenvalue weighted by Gasteiger charge is -2.20. The first-order valence-electron chi connectivity index (χ1n) is 19.9. The van der Waals surface area contributed by atoms with Crippen LogP contribution in [0.15, 0.2) is 134 Å². The lowest BCUT2D eigenvalue weighted by Crippen LogP contribution is -2.19. The van der Waals surface area contributed by atoms with Gasteiger partial charge in [-0.15, -0.1) is 0 Å². The van der Waals surface area contributed by atoms with Gasteiger partial charge < -0.3 is 18.6 Å². The normalized spacial score (nSPS) is 13.2. The molecule has 0 bridgehead atoms. The Kier molecular flexibility index (Phi) is 12.1. The fourth-order valence-electron chi connectivity index (χ4n) is 7.07. The molecule has 0 amide bonds. The molecule has 17 heteroatoms. The third kappa shape index (κ3) is 9.38. The molecule has 0 radical (unpaired) electrons. The van der Waals surface area contributed by atoms with E-state index in [2.05, 4.69) is 29.9 Å². The van der Waals surface area contributed by atoms with E-state index in [0.717, 1.165) is 12.1 Å². The molecule has 0 spiro atoms. The molecular weight excluding hydrogens is 839 g/mol. The third-order valence-corrected chi connectivity index (χ3v) is 10.3. The zero-order chi connectivity index (χ0) is 45.0. The molecule has 0 N–H and O–H groups in total. The summed E-state index contributed by atoms with van der Waals surface area (Å²) in [6, 6.07) is 22.4. The van der Waals surface area contributed by atoms with Gasteiger partial charge in [0.05, 0.1) is 48.0 Å². The minimum atomic E-state index is -4.70.